The van der Waals surface area contributed by atoms with Crippen LogP contribution in [0, 0.1) is 22.0 Å². The molecular formula is C15H20BrN3O2. The highest BCUT2D eigenvalue weighted by Crippen LogP contribution is 2.41. The maximum absolute atomic E-state index is 11.0. The fourth-order valence-corrected chi connectivity index (χ4v) is 4.35. The number of nitrogens with one attached hydrogen (secondary N) is 1. The number of rotatable bonds is 3. The Morgan fingerprint density at radius 2 is 2.19 bits per heavy atom. The number of fused-ring (bicyclic) bond motifs is 1. The van der Waals surface area contributed by atoms with Gasteiger partial charge in [0.15, 0.2) is 0 Å². The molecule has 2 heterocycles. The van der Waals surface area contributed by atoms with Crippen LogP contribution in [0.15, 0.2) is 22.7 Å². The molecule has 1 aromatic rings. The van der Waals surface area contributed by atoms with Crippen molar-refractivity contribution in [1.29, 1.82) is 0 Å². The van der Waals surface area contributed by atoms with Gasteiger partial charge in [-0.05, 0) is 43.9 Å². The highest BCUT2D eigenvalue weighted by atomic mass is 79.9. The molecule has 6 heteroatoms. The molecule has 0 saturated carbocycles. The van der Waals surface area contributed by atoms with Crippen LogP contribution in [-0.2, 0) is 6.54 Å². The van der Waals surface area contributed by atoms with Crippen LogP contribution < -0.4 is 5.32 Å². The normalized spacial score (nSPS) is 27.8. The molecule has 114 valence electrons. The Labute approximate surface area is 133 Å². The Morgan fingerprint density at radius 1 is 1.43 bits per heavy atom. The van der Waals surface area contributed by atoms with Crippen molar-refractivity contribution in [2.75, 3.05) is 19.6 Å². The van der Waals surface area contributed by atoms with Crippen LogP contribution in [0.25, 0.3) is 0 Å². The Balaban J connectivity index is 1.82. The minimum Gasteiger partial charge on any atom is -0.316 e. The lowest BCUT2D eigenvalue weighted by Crippen LogP contribution is -2.43. The van der Waals surface area contributed by atoms with Crippen LogP contribution in [0.1, 0.15) is 19.4 Å². The largest absolute Gasteiger partial charge is 0.316 e. The van der Waals surface area contributed by atoms with Crippen LogP contribution in [0.4, 0.5) is 5.69 Å². The molecule has 2 saturated heterocycles. The van der Waals surface area contributed by atoms with E-state index in [9.17, 15) is 10.1 Å². The molecule has 1 N–H and O–H groups in total. The van der Waals surface area contributed by atoms with E-state index in [-0.39, 0.29) is 16.1 Å². The minimum atomic E-state index is -0.331. The molecule has 3 rings (SSSR count). The first-order valence-electron chi connectivity index (χ1n) is 7.27. The van der Waals surface area contributed by atoms with E-state index in [2.05, 4.69) is 40.0 Å². The van der Waals surface area contributed by atoms with Crippen molar-refractivity contribution in [1.82, 2.24) is 10.2 Å². The fraction of sp³-hybridized carbons (Fsp3) is 0.600. The minimum absolute atomic E-state index is 0.130. The molecule has 0 bridgehead atoms. The SMILES string of the molecule is CC1(C)C2CNCC2CN1Cc1cc(Br)cc([N+](=O)[O-])c1. The Bertz CT molecular complexity index is 576. The maximum atomic E-state index is 11.0. The Kier molecular flexibility index (Phi) is 3.80. The molecule has 5 nitrogen and oxygen atoms in total. The summed E-state index contributed by atoms with van der Waals surface area (Å²) in [6, 6.07) is 5.22. The van der Waals surface area contributed by atoms with Crippen molar-refractivity contribution < 1.29 is 4.92 Å². The molecule has 2 aliphatic rings. The molecule has 2 aliphatic heterocycles. The summed E-state index contributed by atoms with van der Waals surface area (Å²) >= 11 is 3.37. The standard InChI is InChI=1S/C15H20BrN3O2/c1-15(2)14-7-17-6-11(14)9-18(15)8-10-3-12(16)5-13(4-10)19(20)21/h3-5,11,14,17H,6-9H2,1-2H3. The van der Waals surface area contributed by atoms with Crippen molar-refractivity contribution in [2.24, 2.45) is 11.8 Å². The van der Waals surface area contributed by atoms with E-state index in [0.29, 0.717) is 11.8 Å². The fourth-order valence-electron chi connectivity index (χ4n) is 3.82. The van der Waals surface area contributed by atoms with Crippen molar-refractivity contribution >= 4 is 21.6 Å². The molecule has 0 amide bonds. The van der Waals surface area contributed by atoms with E-state index in [0.717, 1.165) is 36.2 Å². The molecule has 0 aliphatic carbocycles. The molecule has 0 radical (unpaired) electrons. The van der Waals surface area contributed by atoms with Crippen molar-refractivity contribution in [3.8, 4) is 0 Å². The van der Waals surface area contributed by atoms with E-state index in [1.54, 1.807) is 12.1 Å². The van der Waals surface area contributed by atoms with Gasteiger partial charge in [-0.3, -0.25) is 15.0 Å². The van der Waals surface area contributed by atoms with E-state index in [1.807, 2.05) is 6.07 Å². The average Bonchev–Trinajstić information content (AvgIpc) is 2.93. The van der Waals surface area contributed by atoms with Crippen molar-refractivity contribution in [3.05, 3.63) is 38.3 Å². The lowest BCUT2D eigenvalue weighted by atomic mass is 9.85. The number of hydrogen-bond acceptors (Lipinski definition) is 4. The summed E-state index contributed by atoms with van der Waals surface area (Å²) in [4.78, 5) is 13.1. The van der Waals surface area contributed by atoms with Gasteiger partial charge in [-0.1, -0.05) is 15.9 Å². The van der Waals surface area contributed by atoms with Gasteiger partial charge in [0, 0.05) is 41.8 Å². The molecule has 21 heavy (non-hydrogen) atoms. The van der Waals surface area contributed by atoms with Crippen molar-refractivity contribution in [2.45, 2.75) is 25.9 Å². The topological polar surface area (TPSA) is 58.4 Å². The zero-order chi connectivity index (χ0) is 15.2. The summed E-state index contributed by atoms with van der Waals surface area (Å²) in [5, 5.41) is 14.5. The second-order valence-electron chi connectivity index (χ2n) is 6.63. The van der Waals surface area contributed by atoms with Crippen LogP contribution >= 0.6 is 15.9 Å². The van der Waals surface area contributed by atoms with Gasteiger partial charge < -0.3 is 5.32 Å². The zero-order valence-corrected chi connectivity index (χ0v) is 13.9. The van der Waals surface area contributed by atoms with Gasteiger partial charge in [0.25, 0.3) is 5.69 Å². The van der Waals surface area contributed by atoms with Crippen LogP contribution in [0.5, 0.6) is 0 Å². The van der Waals surface area contributed by atoms with Crippen LogP contribution in [0.3, 0.4) is 0 Å². The van der Waals surface area contributed by atoms with Gasteiger partial charge in [-0.2, -0.15) is 0 Å². The first kappa shape index (κ1) is 14.9. The number of nitro benzene ring substituents is 1. The maximum Gasteiger partial charge on any atom is 0.270 e. The summed E-state index contributed by atoms with van der Waals surface area (Å²) in [6.45, 7) is 8.56. The Morgan fingerprint density at radius 3 is 2.86 bits per heavy atom. The second-order valence-corrected chi connectivity index (χ2v) is 7.55. The average molecular weight is 354 g/mol. The first-order chi connectivity index (χ1) is 9.88. The van der Waals surface area contributed by atoms with Gasteiger partial charge in [0.05, 0.1) is 4.92 Å². The molecule has 2 atom stereocenters. The molecule has 1 aromatic carbocycles. The zero-order valence-electron chi connectivity index (χ0n) is 12.3. The van der Waals surface area contributed by atoms with Gasteiger partial charge in [-0.25, -0.2) is 0 Å². The molecule has 0 spiro atoms. The second kappa shape index (κ2) is 5.34. The van der Waals surface area contributed by atoms with Gasteiger partial charge >= 0.3 is 0 Å². The molecule has 2 unspecified atom stereocenters. The lowest BCUT2D eigenvalue weighted by molar-refractivity contribution is -0.385. The molecular weight excluding hydrogens is 334 g/mol. The molecule has 2 fully saturated rings. The first-order valence-corrected chi connectivity index (χ1v) is 8.07. The summed E-state index contributed by atoms with van der Waals surface area (Å²) in [7, 11) is 0. The quantitative estimate of drug-likeness (QED) is 0.670. The van der Waals surface area contributed by atoms with E-state index in [4.69, 9.17) is 0 Å². The van der Waals surface area contributed by atoms with Crippen LogP contribution in [0.2, 0.25) is 0 Å². The highest BCUT2D eigenvalue weighted by Gasteiger charge is 2.49. The highest BCUT2D eigenvalue weighted by molar-refractivity contribution is 9.10. The number of nitro groups is 1. The predicted octanol–water partition coefficient (Wildman–Crippen LogP) is 2.79. The number of benzene rings is 1. The summed E-state index contributed by atoms with van der Waals surface area (Å²) in [5.41, 5.74) is 1.28. The van der Waals surface area contributed by atoms with E-state index >= 15 is 0 Å². The summed E-state index contributed by atoms with van der Waals surface area (Å²) < 4.78 is 0.769. The van der Waals surface area contributed by atoms with Crippen LogP contribution in [-0.4, -0.2) is 35.0 Å². The number of nitrogens with zero attached hydrogens (tertiary/aromatic N) is 2. The predicted molar refractivity (Wildman–Crippen MR) is 85.1 cm³/mol. The van der Waals surface area contributed by atoms with Crippen molar-refractivity contribution in [3.63, 3.8) is 0 Å². The smallest absolute Gasteiger partial charge is 0.270 e. The number of non-ortho nitro benzene ring substituents is 1. The summed E-state index contributed by atoms with van der Waals surface area (Å²) in [6.07, 6.45) is 0. The Hall–Kier alpha value is -0.980. The third-order valence-corrected chi connectivity index (χ3v) is 5.50. The number of likely N-dealkylation sites (tertiary alicyclic amines) is 1. The van der Waals surface area contributed by atoms with E-state index < -0.39 is 0 Å². The van der Waals surface area contributed by atoms with Gasteiger partial charge in [-0.15, -0.1) is 0 Å². The summed E-state index contributed by atoms with van der Waals surface area (Å²) in [5.74, 6) is 1.36. The number of hydrogen-bond donors (Lipinski definition) is 1. The number of halogens is 1. The third kappa shape index (κ3) is 2.72. The molecule has 0 aromatic heterocycles. The monoisotopic (exact) mass is 353 g/mol. The van der Waals surface area contributed by atoms with Gasteiger partial charge in [0.2, 0.25) is 0 Å². The lowest BCUT2D eigenvalue weighted by Gasteiger charge is -2.35. The van der Waals surface area contributed by atoms with Gasteiger partial charge in [0.1, 0.15) is 0 Å². The van der Waals surface area contributed by atoms with E-state index in [1.165, 1.54) is 0 Å². The third-order valence-electron chi connectivity index (χ3n) is 5.04.